The minimum Gasteiger partial charge on any atom is -0.481 e. The molecule has 2 heterocycles. The number of tetrazole rings is 1. The molecule has 0 radical (unpaired) electrons. The fourth-order valence-corrected chi connectivity index (χ4v) is 3.09. The van der Waals surface area contributed by atoms with Crippen LogP contribution < -0.4 is 0 Å². The van der Waals surface area contributed by atoms with Gasteiger partial charge in [-0.1, -0.05) is 6.07 Å². The van der Waals surface area contributed by atoms with E-state index in [-0.39, 0.29) is 18.4 Å². The minimum absolute atomic E-state index is 0.0148. The largest absolute Gasteiger partial charge is 0.481 e. The van der Waals surface area contributed by atoms with Crippen molar-refractivity contribution in [3.05, 3.63) is 36.2 Å². The van der Waals surface area contributed by atoms with E-state index in [1.807, 2.05) is 11.0 Å². The zero-order valence-electron chi connectivity index (χ0n) is 13.2. The maximum Gasteiger partial charge on any atom is 0.303 e. The molecule has 126 valence electrons. The van der Waals surface area contributed by atoms with Gasteiger partial charge in [0.1, 0.15) is 6.33 Å². The van der Waals surface area contributed by atoms with E-state index >= 15 is 0 Å². The van der Waals surface area contributed by atoms with E-state index in [0.29, 0.717) is 24.2 Å². The van der Waals surface area contributed by atoms with Gasteiger partial charge in [-0.3, -0.25) is 9.59 Å². The maximum absolute atomic E-state index is 12.9. The summed E-state index contributed by atoms with van der Waals surface area (Å²) in [6.07, 6.45) is 4.87. The van der Waals surface area contributed by atoms with Crippen molar-refractivity contribution in [1.82, 2.24) is 25.1 Å². The molecule has 1 atom stereocenters. The molecule has 1 aromatic heterocycles. The van der Waals surface area contributed by atoms with Crippen LogP contribution in [0.15, 0.2) is 30.6 Å². The van der Waals surface area contributed by atoms with Gasteiger partial charge in [0, 0.05) is 24.6 Å². The van der Waals surface area contributed by atoms with Gasteiger partial charge >= 0.3 is 5.97 Å². The molecular weight excluding hydrogens is 310 g/mol. The number of carboxylic acids is 1. The van der Waals surface area contributed by atoms with Gasteiger partial charge in [0.25, 0.3) is 5.91 Å². The summed E-state index contributed by atoms with van der Waals surface area (Å²) in [5.41, 5.74) is 1.27. The molecule has 1 fully saturated rings. The number of carbonyl (C=O) groups excluding carboxylic acids is 1. The number of nitrogens with zero attached hydrogens (tertiary/aromatic N) is 5. The van der Waals surface area contributed by atoms with Crippen molar-refractivity contribution in [2.75, 3.05) is 6.54 Å². The van der Waals surface area contributed by atoms with E-state index in [9.17, 15) is 9.59 Å². The van der Waals surface area contributed by atoms with Crippen LogP contribution in [0.1, 0.15) is 42.5 Å². The van der Waals surface area contributed by atoms with Gasteiger partial charge in [0.15, 0.2) is 0 Å². The Kier molecular flexibility index (Phi) is 4.83. The average Bonchev–Trinajstić information content (AvgIpc) is 3.14. The number of likely N-dealkylation sites (tertiary alicyclic amines) is 1. The summed E-state index contributed by atoms with van der Waals surface area (Å²) >= 11 is 0. The lowest BCUT2D eigenvalue weighted by Crippen LogP contribution is -2.44. The molecule has 1 saturated heterocycles. The molecule has 1 aliphatic rings. The molecule has 0 saturated carbocycles. The van der Waals surface area contributed by atoms with Gasteiger partial charge < -0.3 is 10.0 Å². The number of aromatic nitrogens is 4. The highest BCUT2D eigenvalue weighted by molar-refractivity contribution is 5.95. The molecule has 8 nitrogen and oxygen atoms in total. The Hall–Kier alpha value is -2.77. The van der Waals surface area contributed by atoms with Crippen molar-refractivity contribution in [1.29, 1.82) is 0 Å². The third-order valence-electron chi connectivity index (χ3n) is 4.29. The molecule has 0 aliphatic carbocycles. The highest BCUT2D eigenvalue weighted by atomic mass is 16.4. The van der Waals surface area contributed by atoms with E-state index < -0.39 is 5.97 Å². The molecule has 0 unspecified atom stereocenters. The van der Waals surface area contributed by atoms with E-state index in [0.717, 1.165) is 19.3 Å². The van der Waals surface area contributed by atoms with Crippen LogP contribution in [0.4, 0.5) is 0 Å². The average molecular weight is 329 g/mol. The molecule has 8 heteroatoms. The number of hydrogen-bond donors (Lipinski definition) is 1. The highest BCUT2D eigenvalue weighted by Crippen LogP contribution is 2.23. The van der Waals surface area contributed by atoms with Crippen molar-refractivity contribution < 1.29 is 14.7 Å². The number of carboxylic acid groups (broad SMARTS) is 1. The molecule has 1 aliphatic heterocycles. The van der Waals surface area contributed by atoms with Gasteiger partial charge in [-0.15, -0.1) is 5.10 Å². The Balaban J connectivity index is 1.79. The number of hydrogen-bond acceptors (Lipinski definition) is 5. The van der Waals surface area contributed by atoms with Gasteiger partial charge in [0.05, 0.1) is 5.69 Å². The van der Waals surface area contributed by atoms with Crippen molar-refractivity contribution in [3.8, 4) is 5.69 Å². The van der Waals surface area contributed by atoms with Crippen LogP contribution in [-0.2, 0) is 4.79 Å². The fraction of sp³-hybridized carbons (Fsp3) is 0.438. The lowest BCUT2D eigenvalue weighted by atomic mass is 9.97. The van der Waals surface area contributed by atoms with Crippen LogP contribution in [0.25, 0.3) is 5.69 Å². The first-order valence-corrected chi connectivity index (χ1v) is 8.01. The quantitative estimate of drug-likeness (QED) is 0.892. The molecule has 1 aromatic carbocycles. The Morgan fingerprint density at radius 1 is 1.29 bits per heavy atom. The number of rotatable bonds is 5. The van der Waals surface area contributed by atoms with E-state index in [1.165, 1.54) is 11.0 Å². The Bertz CT molecular complexity index is 716. The summed E-state index contributed by atoms with van der Waals surface area (Å²) in [6.45, 7) is 0.665. The van der Waals surface area contributed by atoms with E-state index in [1.54, 1.807) is 18.2 Å². The second-order valence-corrected chi connectivity index (χ2v) is 5.89. The Morgan fingerprint density at radius 2 is 2.17 bits per heavy atom. The second kappa shape index (κ2) is 7.20. The van der Waals surface area contributed by atoms with Gasteiger partial charge in [-0.05, 0) is 54.3 Å². The van der Waals surface area contributed by atoms with Crippen LogP contribution in [0.3, 0.4) is 0 Å². The molecule has 1 N–H and O–H groups in total. The number of piperidine rings is 1. The first kappa shape index (κ1) is 16.1. The lowest BCUT2D eigenvalue weighted by molar-refractivity contribution is -0.137. The number of benzene rings is 1. The molecule has 0 bridgehead atoms. The van der Waals surface area contributed by atoms with Crippen LogP contribution in [0, 0.1) is 0 Å². The lowest BCUT2D eigenvalue weighted by Gasteiger charge is -2.35. The van der Waals surface area contributed by atoms with Crippen LogP contribution in [0.5, 0.6) is 0 Å². The zero-order chi connectivity index (χ0) is 16.9. The summed E-state index contributed by atoms with van der Waals surface area (Å²) in [5, 5.41) is 19.9. The summed E-state index contributed by atoms with van der Waals surface area (Å²) in [7, 11) is 0. The minimum atomic E-state index is -0.825. The SMILES string of the molecule is O=C(O)CC[C@@H]1CCCCN1C(=O)c1cccc(-n2cnnn2)c1. The molecule has 3 rings (SSSR count). The molecular formula is C16H19N5O3. The number of amides is 1. The first-order chi connectivity index (χ1) is 11.6. The highest BCUT2D eigenvalue weighted by Gasteiger charge is 2.27. The summed E-state index contributed by atoms with van der Waals surface area (Å²) < 4.78 is 1.49. The van der Waals surface area contributed by atoms with Crippen LogP contribution in [0.2, 0.25) is 0 Å². The van der Waals surface area contributed by atoms with E-state index in [4.69, 9.17) is 5.11 Å². The second-order valence-electron chi connectivity index (χ2n) is 5.89. The number of aliphatic carboxylic acids is 1. The summed E-state index contributed by atoms with van der Waals surface area (Å²) in [5.74, 6) is -0.895. The molecule has 1 amide bonds. The monoisotopic (exact) mass is 329 g/mol. The standard InChI is InChI=1S/C16H19N5O3/c22-15(23)8-7-13-5-1-2-9-20(13)16(24)12-4-3-6-14(10-12)21-11-17-18-19-21/h3-4,6,10-11,13H,1-2,5,7-9H2,(H,22,23)/t13-/m0/s1. The number of carbonyl (C=O) groups is 2. The Labute approximate surface area is 139 Å². The predicted octanol–water partition coefficient (Wildman–Crippen LogP) is 1.52. The normalized spacial score (nSPS) is 17.7. The molecule has 0 spiro atoms. The van der Waals surface area contributed by atoms with Gasteiger partial charge in [0.2, 0.25) is 0 Å². The third kappa shape index (κ3) is 3.58. The van der Waals surface area contributed by atoms with Crippen molar-refractivity contribution in [2.24, 2.45) is 0 Å². The summed E-state index contributed by atoms with van der Waals surface area (Å²) in [6, 6.07) is 7.12. The smallest absolute Gasteiger partial charge is 0.303 e. The van der Waals surface area contributed by atoms with Crippen molar-refractivity contribution in [2.45, 2.75) is 38.1 Å². The fourth-order valence-electron chi connectivity index (χ4n) is 3.09. The predicted molar refractivity (Wildman–Crippen MR) is 84.7 cm³/mol. The maximum atomic E-state index is 12.9. The van der Waals surface area contributed by atoms with Crippen molar-refractivity contribution >= 4 is 11.9 Å². The van der Waals surface area contributed by atoms with Crippen molar-refractivity contribution in [3.63, 3.8) is 0 Å². The molecule has 24 heavy (non-hydrogen) atoms. The Morgan fingerprint density at radius 3 is 2.92 bits per heavy atom. The zero-order valence-corrected chi connectivity index (χ0v) is 13.2. The van der Waals surface area contributed by atoms with Crippen LogP contribution in [-0.4, -0.2) is 54.7 Å². The third-order valence-corrected chi connectivity index (χ3v) is 4.29. The van der Waals surface area contributed by atoms with Gasteiger partial charge in [-0.25, -0.2) is 4.68 Å². The topological polar surface area (TPSA) is 101 Å². The first-order valence-electron chi connectivity index (χ1n) is 8.01. The van der Waals surface area contributed by atoms with Gasteiger partial charge in [-0.2, -0.15) is 0 Å². The van der Waals surface area contributed by atoms with E-state index in [2.05, 4.69) is 15.5 Å². The molecule has 2 aromatic rings. The van der Waals surface area contributed by atoms with Crippen LogP contribution >= 0.6 is 0 Å². The summed E-state index contributed by atoms with van der Waals surface area (Å²) in [4.78, 5) is 25.5.